The monoisotopic (exact) mass is 282 g/mol. The van der Waals surface area contributed by atoms with Gasteiger partial charge in [-0.05, 0) is 51.1 Å². The van der Waals surface area contributed by atoms with Crippen molar-refractivity contribution in [2.75, 3.05) is 20.1 Å². The summed E-state index contributed by atoms with van der Waals surface area (Å²) in [5.74, 6) is 0. The highest BCUT2D eigenvalue weighted by atomic mass is 32.1. The van der Waals surface area contributed by atoms with Gasteiger partial charge in [0.15, 0.2) is 0 Å². The van der Waals surface area contributed by atoms with Crippen LogP contribution in [0.15, 0.2) is 17.5 Å². The molecule has 0 saturated heterocycles. The van der Waals surface area contributed by atoms with Crippen LogP contribution >= 0.6 is 11.3 Å². The van der Waals surface area contributed by atoms with Crippen molar-refractivity contribution in [3.05, 3.63) is 22.4 Å². The van der Waals surface area contributed by atoms with Crippen molar-refractivity contribution in [1.82, 2.24) is 10.2 Å². The minimum atomic E-state index is 0.197. The predicted octanol–water partition coefficient (Wildman–Crippen LogP) is 3.98. The van der Waals surface area contributed by atoms with E-state index in [1.807, 2.05) is 11.3 Å². The second-order valence-corrected chi connectivity index (χ2v) is 8.05. The molecule has 0 aliphatic rings. The maximum Gasteiger partial charge on any atom is 0.0325 e. The molecule has 1 aromatic rings. The predicted molar refractivity (Wildman–Crippen MR) is 86.8 cm³/mol. The molecular weight excluding hydrogens is 252 g/mol. The molecule has 0 aliphatic carbocycles. The van der Waals surface area contributed by atoms with Gasteiger partial charge in [0.2, 0.25) is 0 Å². The van der Waals surface area contributed by atoms with E-state index in [2.05, 4.69) is 69.4 Å². The van der Waals surface area contributed by atoms with Crippen LogP contribution in [0.2, 0.25) is 0 Å². The Labute approximate surface area is 123 Å². The molecule has 2 nitrogen and oxygen atoms in total. The zero-order valence-electron chi connectivity index (χ0n) is 13.4. The summed E-state index contributed by atoms with van der Waals surface area (Å²) in [5, 5.41) is 5.81. The molecule has 0 spiro atoms. The zero-order valence-corrected chi connectivity index (χ0v) is 14.2. The summed E-state index contributed by atoms with van der Waals surface area (Å²) >= 11 is 1.85. The van der Waals surface area contributed by atoms with Gasteiger partial charge in [0, 0.05) is 30.1 Å². The molecule has 1 heterocycles. The first-order chi connectivity index (χ1) is 8.74. The lowest BCUT2D eigenvalue weighted by Gasteiger charge is -2.36. The van der Waals surface area contributed by atoms with Crippen LogP contribution in [-0.2, 0) is 6.54 Å². The third kappa shape index (κ3) is 6.55. The summed E-state index contributed by atoms with van der Waals surface area (Å²) in [7, 11) is 2.23. The van der Waals surface area contributed by atoms with Crippen LogP contribution in [0.5, 0.6) is 0 Å². The molecule has 0 amide bonds. The third-order valence-corrected chi connectivity index (χ3v) is 4.42. The van der Waals surface area contributed by atoms with E-state index in [0.717, 1.165) is 19.6 Å². The van der Waals surface area contributed by atoms with Crippen molar-refractivity contribution in [2.45, 2.75) is 53.1 Å². The Bertz CT molecular complexity index is 353. The Balaban J connectivity index is 2.49. The number of nitrogens with zero attached hydrogens (tertiary/aromatic N) is 1. The SMILES string of the molecule is CCC(C)(CNC(C)(C)C)CN(C)Cc1cccs1. The topological polar surface area (TPSA) is 15.3 Å². The second kappa shape index (κ2) is 6.87. The van der Waals surface area contributed by atoms with Crippen molar-refractivity contribution in [1.29, 1.82) is 0 Å². The fourth-order valence-corrected chi connectivity index (χ4v) is 2.93. The molecule has 0 fully saturated rings. The number of hydrogen-bond donors (Lipinski definition) is 1. The van der Waals surface area contributed by atoms with E-state index in [0.29, 0.717) is 5.41 Å². The fourth-order valence-electron chi connectivity index (χ4n) is 2.15. The van der Waals surface area contributed by atoms with E-state index < -0.39 is 0 Å². The Kier molecular flexibility index (Phi) is 6.03. The maximum absolute atomic E-state index is 3.65. The van der Waals surface area contributed by atoms with E-state index in [9.17, 15) is 0 Å². The smallest absolute Gasteiger partial charge is 0.0325 e. The molecule has 110 valence electrons. The van der Waals surface area contributed by atoms with E-state index in [1.54, 1.807) is 0 Å². The summed E-state index contributed by atoms with van der Waals surface area (Å²) in [4.78, 5) is 3.89. The van der Waals surface area contributed by atoms with E-state index in [1.165, 1.54) is 11.3 Å². The van der Waals surface area contributed by atoms with Crippen LogP contribution in [0.25, 0.3) is 0 Å². The maximum atomic E-state index is 3.65. The quantitative estimate of drug-likeness (QED) is 0.813. The van der Waals surface area contributed by atoms with E-state index in [4.69, 9.17) is 0 Å². The number of nitrogens with one attached hydrogen (secondary N) is 1. The molecule has 0 aromatic carbocycles. The average molecular weight is 282 g/mol. The van der Waals surface area contributed by atoms with Gasteiger partial charge in [-0.3, -0.25) is 0 Å². The lowest BCUT2D eigenvalue weighted by molar-refractivity contribution is 0.164. The first-order valence-electron chi connectivity index (χ1n) is 7.20. The van der Waals surface area contributed by atoms with Crippen LogP contribution < -0.4 is 5.32 Å². The molecule has 3 heteroatoms. The molecular formula is C16H30N2S. The highest BCUT2D eigenvalue weighted by Crippen LogP contribution is 2.23. The van der Waals surface area contributed by atoms with Gasteiger partial charge in [0.05, 0.1) is 0 Å². The molecule has 0 saturated carbocycles. The molecule has 0 bridgehead atoms. The fraction of sp³-hybridized carbons (Fsp3) is 0.750. The third-order valence-electron chi connectivity index (χ3n) is 3.56. The Morgan fingerprint density at radius 2 is 1.95 bits per heavy atom. The molecule has 0 aliphatic heterocycles. The first-order valence-corrected chi connectivity index (χ1v) is 8.08. The van der Waals surface area contributed by atoms with Gasteiger partial charge in [-0.1, -0.05) is 19.9 Å². The van der Waals surface area contributed by atoms with E-state index in [-0.39, 0.29) is 5.54 Å². The summed E-state index contributed by atoms with van der Waals surface area (Å²) in [6, 6.07) is 4.35. The van der Waals surface area contributed by atoms with Crippen LogP contribution in [-0.4, -0.2) is 30.6 Å². The van der Waals surface area contributed by atoms with Crippen LogP contribution in [0.3, 0.4) is 0 Å². The first kappa shape index (κ1) is 16.7. The highest BCUT2D eigenvalue weighted by Gasteiger charge is 2.25. The lowest BCUT2D eigenvalue weighted by atomic mass is 9.86. The lowest BCUT2D eigenvalue weighted by Crippen LogP contribution is -2.46. The summed E-state index contributed by atoms with van der Waals surface area (Å²) in [6.45, 7) is 14.6. The molecule has 1 aromatic heterocycles. The molecule has 0 radical (unpaired) electrons. The molecule has 1 unspecified atom stereocenters. The Morgan fingerprint density at radius 1 is 1.26 bits per heavy atom. The molecule has 1 N–H and O–H groups in total. The number of thiophene rings is 1. The van der Waals surface area contributed by atoms with Gasteiger partial charge >= 0.3 is 0 Å². The van der Waals surface area contributed by atoms with Gasteiger partial charge < -0.3 is 10.2 Å². The minimum absolute atomic E-state index is 0.197. The zero-order chi connectivity index (χ0) is 14.5. The Morgan fingerprint density at radius 3 is 2.42 bits per heavy atom. The van der Waals surface area contributed by atoms with Crippen LogP contribution in [0.4, 0.5) is 0 Å². The standard InChI is InChI=1S/C16H30N2S/c1-7-16(5,12-17-15(2,3)4)13-18(6)11-14-9-8-10-19-14/h8-10,17H,7,11-13H2,1-6H3. The summed E-state index contributed by atoms with van der Waals surface area (Å²) in [6.07, 6.45) is 1.20. The van der Waals surface area contributed by atoms with Gasteiger partial charge in [0.25, 0.3) is 0 Å². The number of rotatable bonds is 7. The molecule has 1 rings (SSSR count). The van der Waals surface area contributed by atoms with Crippen molar-refractivity contribution in [3.8, 4) is 0 Å². The number of hydrogen-bond acceptors (Lipinski definition) is 3. The van der Waals surface area contributed by atoms with Gasteiger partial charge in [0.1, 0.15) is 0 Å². The van der Waals surface area contributed by atoms with Gasteiger partial charge in [-0.25, -0.2) is 0 Å². The van der Waals surface area contributed by atoms with Gasteiger partial charge in [-0.15, -0.1) is 11.3 Å². The normalized spacial score (nSPS) is 15.7. The average Bonchev–Trinajstić information content (AvgIpc) is 2.78. The van der Waals surface area contributed by atoms with Crippen molar-refractivity contribution >= 4 is 11.3 Å². The van der Waals surface area contributed by atoms with Crippen molar-refractivity contribution in [2.24, 2.45) is 5.41 Å². The minimum Gasteiger partial charge on any atom is -0.311 e. The largest absolute Gasteiger partial charge is 0.311 e. The highest BCUT2D eigenvalue weighted by molar-refractivity contribution is 7.09. The second-order valence-electron chi connectivity index (χ2n) is 7.02. The van der Waals surface area contributed by atoms with Crippen molar-refractivity contribution < 1.29 is 0 Å². The summed E-state index contributed by atoms with van der Waals surface area (Å²) in [5.41, 5.74) is 0.530. The molecule has 19 heavy (non-hydrogen) atoms. The molecule has 1 atom stereocenters. The Hall–Kier alpha value is -0.380. The van der Waals surface area contributed by atoms with E-state index >= 15 is 0 Å². The van der Waals surface area contributed by atoms with Gasteiger partial charge in [-0.2, -0.15) is 0 Å². The van der Waals surface area contributed by atoms with Crippen molar-refractivity contribution in [3.63, 3.8) is 0 Å². The van der Waals surface area contributed by atoms with Crippen LogP contribution in [0, 0.1) is 5.41 Å². The summed E-state index contributed by atoms with van der Waals surface area (Å²) < 4.78 is 0. The van der Waals surface area contributed by atoms with Crippen LogP contribution in [0.1, 0.15) is 45.9 Å².